The quantitative estimate of drug-likeness (QED) is 0.315. The molecule has 36 heavy (non-hydrogen) atoms. The van der Waals surface area contributed by atoms with Crippen molar-refractivity contribution in [3.05, 3.63) is 102 Å². The van der Waals surface area contributed by atoms with Crippen molar-refractivity contribution in [3.8, 4) is 22.9 Å². The van der Waals surface area contributed by atoms with Crippen molar-refractivity contribution >= 4 is 5.91 Å². The molecule has 1 aromatic heterocycles. The smallest absolute Gasteiger partial charge is 0.254 e. The van der Waals surface area contributed by atoms with Crippen LogP contribution in [0.15, 0.2) is 84.9 Å². The highest BCUT2D eigenvalue weighted by Gasteiger charge is 2.28. The van der Waals surface area contributed by atoms with E-state index >= 15 is 0 Å². The van der Waals surface area contributed by atoms with Crippen molar-refractivity contribution in [2.45, 2.75) is 25.5 Å². The Kier molecular flexibility index (Phi) is 7.09. The highest BCUT2D eigenvalue weighted by atomic mass is 19.1. The van der Waals surface area contributed by atoms with Gasteiger partial charge < -0.3 is 14.4 Å². The van der Waals surface area contributed by atoms with Crippen LogP contribution < -0.4 is 4.74 Å². The molecule has 0 aliphatic carbocycles. The summed E-state index contributed by atoms with van der Waals surface area (Å²) in [5, 5.41) is 4.78. The van der Waals surface area contributed by atoms with Crippen LogP contribution >= 0.6 is 0 Å². The van der Waals surface area contributed by atoms with E-state index in [4.69, 9.17) is 14.6 Å². The SMILES string of the molecule is Cn1nc(-c2ccccc2)c(CN(CC2CCCO2)C(=O)c2ccc(F)cc2)c1Oc1ccccc1. The Morgan fingerprint density at radius 2 is 1.75 bits per heavy atom. The maximum absolute atomic E-state index is 13.7. The van der Waals surface area contributed by atoms with Gasteiger partial charge in [-0.05, 0) is 49.2 Å². The fourth-order valence-electron chi connectivity index (χ4n) is 4.47. The van der Waals surface area contributed by atoms with Crippen LogP contribution in [0, 0.1) is 5.82 Å². The number of hydrogen-bond donors (Lipinski definition) is 0. The molecule has 0 radical (unpaired) electrons. The number of ether oxygens (including phenoxy) is 2. The first-order valence-electron chi connectivity index (χ1n) is 12.1. The molecule has 0 spiro atoms. The normalized spacial score (nSPS) is 15.1. The number of halogens is 1. The number of aromatic nitrogens is 2. The van der Waals surface area contributed by atoms with Crippen molar-refractivity contribution in [1.29, 1.82) is 0 Å². The minimum Gasteiger partial charge on any atom is -0.439 e. The lowest BCUT2D eigenvalue weighted by Gasteiger charge is -2.26. The highest BCUT2D eigenvalue weighted by Crippen LogP contribution is 2.34. The number of nitrogens with zero attached hydrogens (tertiary/aromatic N) is 3. The number of aryl methyl sites for hydroxylation is 1. The molecule has 1 unspecified atom stereocenters. The van der Waals surface area contributed by atoms with Crippen LogP contribution in [0.4, 0.5) is 4.39 Å². The lowest BCUT2D eigenvalue weighted by Crippen LogP contribution is -2.37. The Morgan fingerprint density at radius 1 is 1.06 bits per heavy atom. The molecule has 7 heteroatoms. The Hall–Kier alpha value is -3.97. The Bertz CT molecular complexity index is 1300. The first kappa shape index (κ1) is 23.8. The lowest BCUT2D eigenvalue weighted by molar-refractivity contribution is 0.0506. The number of amides is 1. The van der Waals surface area contributed by atoms with Crippen molar-refractivity contribution in [2.24, 2.45) is 7.05 Å². The number of rotatable bonds is 8. The maximum atomic E-state index is 13.7. The number of carbonyl (C=O) groups excluding carboxylic acids is 1. The Morgan fingerprint density at radius 3 is 2.42 bits per heavy atom. The van der Waals surface area contributed by atoms with Gasteiger partial charge in [-0.3, -0.25) is 4.79 Å². The maximum Gasteiger partial charge on any atom is 0.254 e. The number of hydrogen-bond acceptors (Lipinski definition) is 4. The topological polar surface area (TPSA) is 56.6 Å². The molecular formula is C29H28FN3O3. The van der Waals surface area contributed by atoms with Crippen LogP contribution in [0.25, 0.3) is 11.3 Å². The standard InChI is InChI=1S/C29H28FN3O3/c1-32-29(36-24-11-6-3-7-12-24)26(27(31-32)21-9-4-2-5-10-21)20-33(19-25-13-8-18-35-25)28(34)22-14-16-23(30)17-15-22/h2-7,9-12,14-17,25H,8,13,18-20H2,1H3. The van der Waals surface area contributed by atoms with Gasteiger partial charge in [-0.2, -0.15) is 5.10 Å². The first-order valence-corrected chi connectivity index (χ1v) is 12.1. The summed E-state index contributed by atoms with van der Waals surface area (Å²) in [5.74, 6) is 0.662. The van der Waals surface area contributed by atoms with E-state index in [1.165, 1.54) is 24.3 Å². The predicted molar refractivity (Wildman–Crippen MR) is 135 cm³/mol. The van der Waals surface area contributed by atoms with Crippen LogP contribution in [0.5, 0.6) is 11.6 Å². The van der Waals surface area contributed by atoms with E-state index in [1.54, 1.807) is 9.58 Å². The summed E-state index contributed by atoms with van der Waals surface area (Å²) in [4.78, 5) is 15.4. The van der Waals surface area contributed by atoms with E-state index in [0.29, 0.717) is 30.3 Å². The van der Waals surface area contributed by atoms with Gasteiger partial charge in [0.1, 0.15) is 17.3 Å². The van der Waals surface area contributed by atoms with Gasteiger partial charge in [0, 0.05) is 31.3 Å². The second kappa shape index (κ2) is 10.7. The van der Waals surface area contributed by atoms with Crippen molar-refractivity contribution in [2.75, 3.05) is 13.2 Å². The summed E-state index contributed by atoms with van der Waals surface area (Å²) in [6, 6.07) is 25.0. The fourth-order valence-corrected chi connectivity index (χ4v) is 4.47. The third kappa shape index (κ3) is 5.31. The van der Waals surface area contributed by atoms with E-state index in [1.807, 2.05) is 67.7 Å². The number of benzene rings is 3. The van der Waals surface area contributed by atoms with Gasteiger partial charge in [0.05, 0.1) is 18.2 Å². The molecule has 1 saturated heterocycles. The van der Waals surface area contributed by atoms with Gasteiger partial charge in [-0.15, -0.1) is 0 Å². The van der Waals surface area contributed by atoms with Crippen LogP contribution in [0.1, 0.15) is 28.8 Å². The van der Waals surface area contributed by atoms with Crippen LogP contribution in [-0.2, 0) is 18.3 Å². The third-order valence-corrected chi connectivity index (χ3v) is 6.27. The van der Waals surface area contributed by atoms with E-state index in [9.17, 15) is 9.18 Å². The fraction of sp³-hybridized carbons (Fsp3) is 0.241. The molecule has 1 aliphatic heterocycles. The van der Waals surface area contributed by atoms with Crippen molar-refractivity contribution < 1.29 is 18.7 Å². The zero-order chi connectivity index (χ0) is 24.9. The monoisotopic (exact) mass is 485 g/mol. The van der Waals surface area contributed by atoms with Gasteiger partial charge in [0.15, 0.2) is 0 Å². The highest BCUT2D eigenvalue weighted by molar-refractivity contribution is 5.94. The van der Waals surface area contributed by atoms with Crippen LogP contribution in [0.2, 0.25) is 0 Å². The molecule has 6 nitrogen and oxygen atoms in total. The second-order valence-electron chi connectivity index (χ2n) is 8.86. The van der Waals surface area contributed by atoms with Gasteiger partial charge in [0.2, 0.25) is 5.88 Å². The molecule has 1 atom stereocenters. The van der Waals surface area contributed by atoms with Gasteiger partial charge in [-0.25, -0.2) is 9.07 Å². The summed E-state index contributed by atoms with van der Waals surface area (Å²) in [6.45, 7) is 1.37. The summed E-state index contributed by atoms with van der Waals surface area (Å²) in [7, 11) is 1.83. The zero-order valence-electron chi connectivity index (χ0n) is 20.1. The average Bonchev–Trinajstić information content (AvgIpc) is 3.53. The van der Waals surface area contributed by atoms with Crippen molar-refractivity contribution in [3.63, 3.8) is 0 Å². The average molecular weight is 486 g/mol. The van der Waals surface area contributed by atoms with E-state index in [2.05, 4.69) is 0 Å². The van der Waals surface area contributed by atoms with Gasteiger partial charge in [-0.1, -0.05) is 48.5 Å². The molecule has 3 aromatic carbocycles. The molecule has 0 N–H and O–H groups in total. The minimum absolute atomic E-state index is 0.0512. The molecule has 184 valence electrons. The largest absolute Gasteiger partial charge is 0.439 e. The summed E-state index contributed by atoms with van der Waals surface area (Å²) < 4.78 is 27.4. The third-order valence-electron chi connectivity index (χ3n) is 6.27. The molecule has 0 bridgehead atoms. The molecule has 5 rings (SSSR count). The zero-order valence-corrected chi connectivity index (χ0v) is 20.1. The molecule has 1 fully saturated rings. The van der Waals surface area contributed by atoms with E-state index in [0.717, 1.165) is 29.7 Å². The lowest BCUT2D eigenvalue weighted by atomic mass is 10.1. The molecule has 1 aliphatic rings. The Labute approximate surface area is 209 Å². The summed E-state index contributed by atoms with van der Waals surface area (Å²) >= 11 is 0. The first-order chi connectivity index (χ1) is 17.6. The van der Waals surface area contributed by atoms with Gasteiger partial charge >= 0.3 is 0 Å². The predicted octanol–water partition coefficient (Wildman–Crippen LogP) is 5.84. The molecular weight excluding hydrogens is 457 g/mol. The van der Waals surface area contributed by atoms with Gasteiger partial charge in [0.25, 0.3) is 5.91 Å². The molecule has 1 amide bonds. The number of para-hydroxylation sites is 1. The molecule has 4 aromatic rings. The summed E-state index contributed by atoms with van der Waals surface area (Å²) in [5.41, 5.74) is 2.89. The molecule has 2 heterocycles. The van der Waals surface area contributed by atoms with Crippen LogP contribution in [0.3, 0.4) is 0 Å². The summed E-state index contributed by atoms with van der Waals surface area (Å²) in [6.07, 6.45) is 1.80. The van der Waals surface area contributed by atoms with E-state index < -0.39 is 0 Å². The molecule has 0 saturated carbocycles. The van der Waals surface area contributed by atoms with Crippen molar-refractivity contribution in [1.82, 2.24) is 14.7 Å². The minimum atomic E-state index is -0.380. The second-order valence-corrected chi connectivity index (χ2v) is 8.86. The number of carbonyl (C=O) groups is 1. The van der Waals surface area contributed by atoms with Crippen LogP contribution in [-0.4, -0.2) is 39.8 Å². The van der Waals surface area contributed by atoms with E-state index in [-0.39, 0.29) is 24.4 Å². The Balaban J connectivity index is 1.55.